The minimum atomic E-state index is -0.116. The second kappa shape index (κ2) is 4.51. The average molecular weight is 220 g/mol. The number of nitrogens with zero attached hydrogens (tertiary/aromatic N) is 2. The molecule has 0 bridgehead atoms. The van der Waals surface area contributed by atoms with Crippen LogP contribution in [-0.2, 0) is 13.5 Å². The van der Waals surface area contributed by atoms with E-state index in [-0.39, 0.29) is 6.04 Å². The highest BCUT2D eigenvalue weighted by Gasteiger charge is 2.19. The summed E-state index contributed by atoms with van der Waals surface area (Å²) in [6.45, 7) is 2.05. The lowest BCUT2D eigenvalue weighted by Gasteiger charge is -2.13. The van der Waals surface area contributed by atoms with Crippen molar-refractivity contribution in [1.82, 2.24) is 15.2 Å². The van der Waals surface area contributed by atoms with E-state index in [0.29, 0.717) is 0 Å². The van der Waals surface area contributed by atoms with Crippen LogP contribution in [0, 0.1) is 0 Å². The van der Waals surface area contributed by atoms with Crippen LogP contribution < -0.4 is 11.3 Å². The summed E-state index contributed by atoms with van der Waals surface area (Å²) in [7, 11) is 1.88. The van der Waals surface area contributed by atoms with Gasteiger partial charge in [0.05, 0.1) is 18.0 Å². The largest absolute Gasteiger partial charge is 0.469 e. The SMILES string of the molecule is CCc1occc1C(NN)c1ccn(C)n1. The summed E-state index contributed by atoms with van der Waals surface area (Å²) in [6.07, 6.45) is 4.42. The molecule has 0 fully saturated rings. The highest BCUT2D eigenvalue weighted by molar-refractivity contribution is 5.29. The summed E-state index contributed by atoms with van der Waals surface area (Å²) in [6, 6.07) is 3.75. The fourth-order valence-corrected chi connectivity index (χ4v) is 1.82. The third-order valence-corrected chi connectivity index (χ3v) is 2.61. The van der Waals surface area contributed by atoms with Crippen molar-refractivity contribution in [2.24, 2.45) is 12.9 Å². The van der Waals surface area contributed by atoms with Crippen LogP contribution in [0.1, 0.15) is 30.0 Å². The highest BCUT2D eigenvalue weighted by atomic mass is 16.3. The van der Waals surface area contributed by atoms with E-state index >= 15 is 0 Å². The second-order valence-corrected chi connectivity index (χ2v) is 3.67. The Bertz CT molecular complexity index is 460. The Kier molecular flexibility index (Phi) is 3.07. The quantitative estimate of drug-likeness (QED) is 0.598. The van der Waals surface area contributed by atoms with Crippen LogP contribution in [0.15, 0.2) is 29.0 Å². The van der Waals surface area contributed by atoms with Gasteiger partial charge in [-0.1, -0.05) is 6.92 Å². The van der Waals surface area contributed by atoms with Gasteiger partial charge in [0, 0.05) is 25.2 Å². The van der Waals surface area contributed by atoms with Crippen molar-refractivity contribution < 1.29 is 4.42 Å². The molecule has 0 spiro atoms. The first-order valence-corrected chi connectivity index (χ1v) is 5.28. The standard InChI is InChI=1S/C11H16N4O/c1-3-10-8(5-7-16-10)11(13-12)9-4-6-15(2)14-9/h4-7,11,13H,3,12H2,1-2H3. The second-order valence-electron chi connectivity index (χ2n) is 3.67. The van der Waals surface area contributed by atoms with Crippen molar-refractivity contribution in [2.45, 2.75) is 19.4 Å². The van der Waals surface area contributed by atoms with E-state index in [0.717, 1.165) is 23.4 Å². The maximum atomic E-state index is 5.59. The Balaban J connectivity index is 2.36. The van der Waals surface area contributed by atoms with Crippen molar-refractivity contribution in [3.05, 3.63) is 41.6 Å². The normalized spacial score (nSPS) is 12.9. The van der Waals surface area contributed by atoms with Gasteiger partial charge in [-0.3, -0.25) is 10.5 Å². The summed E-state index contributed by atoms with van der Waals surface area (Å²) >= 11 is 0. The van der Waals surface area contributed by atoms with Gasteiger partial charge in [-0.15, -0.1) is 0 Å². The van der Waals surface area contributed by atoms with Gasteiger partial charge in [0.1, 0.15) is 5.76 Å². The molecule has 2 aromatic heterocycles. The molecule has 0 amide bonds. The topological polar surface area (TPSA) is 69.0 Å². The summed E-state index contributed by atoms with van der Waals surface area (Å²) in [5.41, 5.74) is 4.71. The Hall–Kier alpha value is -1.59. The lowest BCUT2D eigenvalue weighted by atomic mass is 10.0. The smallest absolute Gasteiger partial charge is 0.108 e. The van der Waals surface area contributed by atoms with E-state index in [9.17, 15) is 0 Å². The van der Waals surface area contributed by atoms with Crippen LogP contribution in [0.4, 0.5) is 0 Å². The Morgan fingerprint density at radius 2 is 2.38 bits per heavy atom. The van der Waals surface area contributed by atoms with Gasteiger partial charge < -0.3 is 4.42 Å². The molecule has 86 valence electrons. The van der Waals surface area contributed by atoms with E-state index in [2.05, 4.69) is 10.5 Å². The molecule has 0 aliphatic carbocycles. The first-order valence-electron chi connectivity index (χ1n) is 5.28. The summed E-state index contributed by atoms with van der Waals surface area (Å²) < 4.78 is 7.15. The summed E-state index contributed by atoms with van der Waals surface area (Å²) in [4.78, 5) is 0. The van der Waals surface area contributed by atoms with Gasteiger partial charge >= 0.3 is 0 Å². The molecule has 1 unspecified atom stereocenters. The number of aryl methyl sites for hydroxylation is 2. The van der Waals surface area contributed by atoms with E-state index < -0.39 is 0 Å². The molecule has 5 heteroatoms. The lowest BCUT2D eigenvalue weighted by molar-refractivity contribution is 0.499. The number of nitrogens with one attached hydrogen (secondary N) is 1. The molecule has 0 aromatic carbocycles. The number of nitrogens with two attached hydrogens (primary N) is 1. The molecule has 2 rings (SSSR count). The predicted octanol–water partition coefficient (Wildman–Crippen LogP) is 1.13. The molecular weight excluding hydrogens is 204 g/mol. The number of aromatic nitrogens is 2. The average Bonchev–Trinajstić information content (AvgIpc) is 2.89. The van der Waals surface area contributed by atoms with Crippen molar-refractivity contribution in [3.63, 3.8) is 0 Å². The molecule has 16 heavy (non-hydrogen) atoms. The predicted molar refractivity (Wildman–Crippen MR) is 60.5 cm³/mol. The Labute approximate surface area is 94.2 Å². The first-order chi connectivity index (χ1) is 7.76. The highest BCUT2D eigenvalue weighted by Crippen LogP contribution is 2.24. The van der Waals surface area contributed by atoms with Crippen LogP contribution in [0.3, 0.4) is 0 Å². The molecule has 0 radical (unpaired) electrons. The molecule has 2 heterocycles. The number of hydrogen-bond donors (Lipinski definition) is 2. The molecule has 0 aliphatic rings. The van der Waals surface area contributed by atoms with E-state index in [1.165, 1.54) is 0 Å². The molecule has 2 aromatic rings. The number of hydrogen-bond acceptors (Lipinski definition) is 4. The lowest BCUT2D eigenvalue weighted by Crippen LogP contribution is -2.29. The van der Waals surface area contributed by atoms with Crippen LogP contribution in [-0.4, -0.2) is 9.78 Å². The molecule has 3 N–H and O–H groups in total. The zero-order chi connectivity index (χ0) is 11.5. The third-order valence-electron chi connectivity index (χ3n) is 2.61. The van der Waals surface area contributed by atoms with Crippen molar-refractivity contribution in [3.8, 4) is 0 Å². The van der Waals surface area contributed by atoms with Crippen LogP contribution in [0.2, 0.25) is 0 Å². The van der Waals surface area contributed by atoms with Crippen molar-refractivity contribution >= 4 is 0 Å². The Morgan fingerprint density at radius 1 is 1.56 bits per heavy atom. The zero-order valence-corrected chi connectivity index (χ0v) is 9.47. The third kappa shape index (κ3) is 1.87. The van der Waals surface area contributed by atoms with Crippen molar-refractivity contribution in [1.29, 1.82) is 0 Å². The van der Waals surface area contributed by atoms with E-state index in [4.69, 9.17) is 10.3 Å². The van der Waals surface area contributed by atoms with Gasteiger partial charge in [0.2, 0.25) is 0 Å². The van der Waals surface area contributed by atoms with Gasteiger partial charge in [-0.25, -0.2) is 5.43 Å². The van der Waals surface area contributed by atoms with Gasteiger partial charge in [0.25, 0.3) is 0 Å². The molecule has 1 atom stereocenters. The minimum Gasteiger partial charge on any atom is -0.469 e. The van der Waals surface area contributed by atoms with Crippen LogP contribution >= 0.6 is 0 Å². The van der Waals surface area contributed by atoms with Gasteiger partial charge in [-0.05, 0) is 12.1 Å². The molecule has 0 saturated heterocycles. The van der Waals surface area contributed by atoms with Gasteiger partial charge in [-0.2, -0.15) is 5.10 Å². The fraction of sp³-hybridized carbons (Fsp3) is 0.364. The summed E-state index contributed by atoms with van der Waals surface area (Å²) in [5, 5.41) is 4.35. The van der Waals surface area contributed by atoms with Crippen LogP contribution in [0.5, 0.6) is 0 Å². The van der Waals surface area contributed by atoms with Gasteiger partial charge in [0.15, 0.2) is 0 Å². The zero-order valence-electron chi connectivity index (χ0n) is 9.47. The number of rotatable bonds is 4. The molecule has 0 aliphatic heterocycles. The van der Waals surface area contributed by atoms with E-state index in [1.54, 1.807) is 10.9 Å². The summed E-state index contributed by atoms with van der Waals surface area (Å²) in [5.74, 6) is 6.53. The minimum absolute atomic E-state index is 0.116. The number of hydrazine groups is 1. The maximum Gasteiger partial charge on any atom is 0.108 e. The molecule has 0 saturated carbocycles. The Morgan fingerprint density at radius 3 is 2.94 bits per heavy atom. The van der Waals surface area contributed by atoms with Crippen LogP contribution in [0.25, 0.3) is 0 Å². The first kappa shape index (κ1) is 10.9. The monoisotopic (exact) mass is 220 g/mol. The van der Waals surface area contributed by atoms with Crippen molar-refractivity contribution in [2.75, 3.05) is 0 Å². The molecule has 5 nitrogen and oxygen atoms in total. The number of furan rings is 1. The fourth-order valence-electron chi connectivity index (χ4n) is 1.82. The van der Waals surface area contributed by atoms with E-state index in [1.807, 2.05) is 32.3 Å². The molecular formula is C11H16N4O. The maximum absolute atomic E-state index is 5.59.